The highest BCUT2D eigenvalue weighted by molar-refractivity contribution is 7.15. The zero-order valence-electron chi connectivity index (χ0n) is 8.51. The molecule has 0 atom stereocenters. The van der Waals surface area contributed by atoms with Crippen LogP contribution in [0, 0.1) is 6.92 Å². The lowest BCUT2D eigenvalue weighted by Gasteiger charge is -1.98. The fraction of sp³-hybridized carbons (Fsp3) is 0.0909. The fourth-order valence-electron chi connectivity index (χ4n) is 1.62. The third-order valence-corrected chi connectivity index (χ3v) is 3.63. The standard InChI is InChI=1S/C11H8ClN3S/c1-7-5-6-8(16-7)11-14-13-10-4-2-3-9(12)15(10)11/h2-6H,1H3. The molecule has 0 spiro atoms. The van der Waals surface area contributed by atoms with Gasteiger partial charge in [-0.15, -0.1) is 21.5 Å². The molecule has 0 saturated heterocycles. The predicted molar refractivity (Wildman–Crippen MR) is 66.0 cm³/mol. The molecule has 0 bridgehead atoms. The van der Waals surface area contributed by atoms with E-state index < -0.39 is 0 Å². The van der Waals surface area contributed by atoms with Crippen LogP contribution in [0.3, 0.4) is 0 Å². The summed E-state index contributed by atoms with van der Waals surface area (Å²) in [6.45, 7) is 2.07. The first-order chi connectivity index (χ1) is 7.75. The lowest BCUT2D eigenvalue weighted by molar-refractivity contribution is 1.12. The van der Waals surface area contributed by atoms with Crippen molar-refractivity contribution >= 4 is 28.6 Å². The van der Waals surface area contributed by atoms with Crippen LogP contribution in [0.25, 0.3) is 16.3 Å². The average molecular weight is 250 g/mol. The Morgan fingerprint density at radius 1 is 1.19 bits per heavy atom. The minimum atomic E-state index is 0.628. The van der Waals surface area contributed by atoms with Crippen molar-refractivity contribution in [1.29, 1.82) is 0 Å². The van der Waals surface area contributed by atoms with E-state index in [4.69, 9.17) is 11.6 Å². The number of aromatic nitrogens is 3. The summed E-state index contributed by atoms with van der Waals surface area (Å²) in [5.41, 5.74) is 0.772. The van der Waals surface area contributed by atoms with E-state index in [1.165, 1.54) is 4.88 Å². The maximum Gasteiger partial charge on any atom is 0.179 e. The molecule has 0 unspecified atom stereocenters. The van der Waals surface area contributed by atoms with Gasteiger partial charge in [-0.05, 0) is 31.2 Å². The second-order valence-electron chi connectivity index (χ2n) is 3.48. The van der Waals surface area contributed by atoms with Crippen LogP contribution in [-0.2, 0) is 0 Å². The van der Waals surface area contributed by atoms with E-state index in [1.807, 2.05) is 28.7 Å². The molecule has 0 aliphatic carbocycles. The molecule has 80 valence electrons. The molecule has 0 saturated carbocycles. The summed E-state index contributed by atoms with van der Waals surface area (Å²) in [7, 11) is 0. The van der Waals surface area contributed by atoms with Gasteiger partial charge in [0.1, 0.15) is 5.15 Å². The number of nitrogens with zero attached hydrogens (tertiary/aromatic N) is 3. The number of hydrogen-bond acceptors (Lipinski definition) is 3. The zero-order valence-corrected chi connectivity index (χ0v) is 10.1. The summed E-state index contributed by atoms with van der Waals surface area (Å²) in [6.07, 6.45) is 0. The van der Waals surface area contributed by atoms with Crippen molar-refractivity contribution in [2.45, 2.75) is 6.92 Å². The molecule has 3 aromatic rings. The van der Waals surface area contributed by atoms with Crippen LogP contribution >= 0.6 is 22.9 Å². The van der Waals surface area contributed by atoms with Crippen molar-refractivity contribution in [2.75, 3.05) is 0 Å². The average Bonchev–Trinajstić information content (AvgIpc) is 2.84. The zero-order chi connectivity index (χ0) is 11.1. The molecule has 0 aliphatic heterocycles. The van der Waals surface area contributed by atoms with Gasteiger partial charge in [0.25, 0.3) is 0 Å². The molecule has 0 radical (unpaired) electrons. The largest absolute Gasteiger partial charge is 0.264 e. The van der Waals surface area contributed by atoms with Gasteiger partial charge in [-0.2, -0.15) is 0 Å². The summed E-state index contributed by atoms with van der Waals surface area (Å²) in [5.74, 6) is 0.804. The third kappa shape index (κ3) is 1.42. The minimum absolute atomic E-state index is 0.628. The third-order valence-electron chi connectivity index (χ3n) is 2.34. The smallest absolute Gasteiger partial charge is 0.179 e. The van der Waals surface area contributed by atoms with Crippen molar-refractivity contribution in [2.24, 2.45) is 0 Å². The van der Waals surface area contributed by atoms with Crippen molar-refractivity contribution in [3.05, 3.63) is 40.4 Å². The Labute approximate surface area is 101 Å². The van der Waals surface area contributed by atoms with Crippen molar-refractivity contribution in [3.8, 4) is 10.7 Å². The van der Waals surface area contributed by atoms with E-state index in [1.54, 1.807) is 11.3 Å². The number of halogens is 1. The Morgan fingerprint density at radius 2 is 2.06 bits per heavy atom. The van der Waals surface area contributed by atoms with Gasteiger partial charge in [-0.3, -0.25) is 4.40 Å². The molecular formula is C11H8ClN3S. The topological polar surface area (TPSA) is 30.2 Å². The number of fused-ring (bicyclic) bond motifs is 1. The molecule has 0 fully saturated rings. The van der Waals surface area contributed by atoms with Gasteiger partial charge >= 0.3 is 0 Å². The molecule has 5 heteroatoms. The SMILES string of the molecule is Cc1ccc(-c2nnc3cccc(Cl)n23)s1. The van der Waals surface area contributed by atoms with E-state index in [0.29, 0.717) is 5.15 Å². The maximum absolute atomic E-state index is 6.15. The lowest BCUT2D eigenvalue weighted by Crippen LogP contribution is -1.88. The Morgan fingerprint density at radius 3 is 2.81 bits per heavy atom. The number of aryl methyl sites for hydroxylation is 1. The van der Waals surface area contributed by atoms with Gasteiger partial charge < -0.3 is 0 Å². The van der Waals surface area contributed by atoms with Crippen LogP contribution < -0.4 is 0 Å². The van der Waals surface area contributed by atoms with E-state index >= 15 is 0 Å². The first-order valence-corrected chi connectivity index (χ1v) is 6.01. The van der Waals surface area contributed by atoms with E-state index in [2.05, 4.69) is 23.2 Å². The number of rotatable bonds is 1. The van der Waals surface area contributed by atoms with Crippen LogP contribution in [0.15, 0.2) is 30.3 Å². The molecule has 3 heterocycles. The first-order valence-electron chi connectivity index (χ1n) is 4.82. The molecule has 16 heavy (non-hydrogen) atoms. The second kappa shape index (κ2) is 3.57. The molecule has 3 nitrogen and oxygen atoms in total. The first kappa shape index (κ1) is 9.81. The van der Waals surface area contributed by atoms with Crippen LogP contribution in [-0.4, -0.2) is 14.6 Å². The Hall–Kier alpha value is -1.39. The summed E-state index contributed by atoms with van der Waals surface area (Å²) >= 11 is 7.83. The highest BCUT2D eigenvalue weighted by Gasteiger charge is 2.11. The van der Waals surface area contributed by atoms with Crippen LogP contribution in [0.4, 0.5) is 0 Å². The Kier molecular flexibility index (Phi) is 2.19. The normalized spacial score (nSPS) is 11.1. The van der Waals surface area contributed by atoms with E-state index in [-0.39, 0.29) is 0 Å². The summed E-state index contributed by atoms with van der Waals surface area (Å²) < 4.78 is 1.85. The van der Waals surface area contributed by atoms with Gasteiger partial charge in [-0.1, -0.05) is 17.7 Å². The van der Waals surface area contributed by atoms with Gasteiger partial charge in [0.2, 0.25) is 0 Å². The number of thiophene rings is 1. The molecule has 0 aromatic carbocycles. The van der Waals surface area contributed by atoms with Gasteiger partial charge in [0.05, 0.1) is 4.88 Å². The van der Waals surface area contributed by atoms with E-state index in [9.17, 15) is 0 Å². The summed E-state index contributed by atoms with van der Waals surface area (Å²) in [5, 5.41) is 8.91. The van der Waals surface area contributed by atoms with Gasteiger partial charge in [0, 0.05) is 4.88 Å². The molecule has 0 amide bonds. The molecule has 0 aliphatic rings. The van der Waals surface area contributed by atoms with Gasteiger partial charge in [-0.25, -0.2) is 0 Å². The highest BCUT2D eigenvalue weighted by atomic mass is 35.5. The number of hydrogen-bond donors (Lipinski definition) is 0. The van der Waals surface area contributed by atoms with Crippen LogP contribution in [0.2, 0.25) is 5.15 Å². The van der Waals surface area contributed by atoms with Crippen molar-refractivity contribution in [3.63, 3.8) is 0 Å². The lowest BCUT2D eigenvalue weighted by atomic mass is 10.4. The summed E-state index contributed by atoms with van der Waals surface area (Å²) in [6, 6.07) is 9.71. The highest BCUT2D eigenvalue weighted by Crippen LogP contribution is 2.28. The van der Waals surface area contributed by atoms with Crippen molar-refractivity contribution < 1.29 is 0 Å². The Bertz CT molecular complexity index is 656. The minimum Gasteiger partial charge on any atom is -0.264 e. The van der Waals surface area contributed by atoms with E-state index in [0.717, 1.165) is 16.3 Å². The molecule has 3 rings (SSSR count). The van der Waals surface area contributed by atoms with Crippen LogP contribution in [0.1, 0.15) is 4.88 Å². The second-order valence-corrected chi connectivity index (χ2v) is 5.15. The van der Waals surface area contributed by atoms with Crippen LogP contribution in [0.5, 0.6) is 0 Å². The molecular weight excluding hydrogens is 242 g/mol. The fourth-order valence-corrected chi connectivity index (χ4v) is 2.70. The predicted octanol–water partition coefficient (Wildman–Crippen LogP) is 3.42. The number of pyridine rings is 1. The monoisotopic (exact) mass is 249 g/mol. The maximum atomic E-state index is 6.15. The Balaban J connectivity index is 2.32. The molecule has 0 N–H and O–H groups in total. The van der Waals surface area contributed by atoms with Crippen molar-refractivity contribution in [1.82, 2.24) is 14.6 Å². The van der Waals surface area contributed by atoms with Gasteiger partial charge in [0.15, 0.2) is 11.5 Å². The molecule has 3 aromatic heterocycles. The summed E-state index contributed by atoms with van der Waals surface area (Å²) in [4.78, 5) is 2.33. The quantitative estimate of drug-likeness (QED) is 0.619.